The predicted octanol–water partition coefficient (Wildman–Crippen LogP) is 0.300. The molecule has 7 heteroatoms. The maximum atomic E-state index is 12.7. The lowest BCUT2D eigenvalue weighted by atomic mass is 9.60. The van der Waals surface area contributed by atoms with Crippen LogP contribution in [0.1, 0.15) is 52.9 Å². The Morgan fingerprint density at radius 3 is 2.37 bits per heavy atom. The Morgan fingerprint density at radius 1 is 1.11 bits per heavy atom. The molecule has 6 rings (SSSR count). The highest BCUT2D eigenvalue weighted by Gasteiger charge is 2.58. The molecule has 0 radical (unpaired) electrons. The fourth-order valence-electron chi connectivity index (χ4n) is 5.39. The minimum Gasteiger partial charge on any atom is -0.351 e. The molecular weight excluding hydrogens is 344 g/mol. The van der Waals surface area contributed by atoms with Crippen molar-refractivity contribution in [1.29, 1.82) is 0 Å². The van der Waals surface area contributed by atoms with Gasteiger partial charge in [-0.3, -0.25) is 14.4 Å². The van der Waals surface area contributed by atoms with Crippen molar-refractivity contribution < 1.29 is 14.4 Å². The molecule has 2 aliphatic carbocycles. The van der Waals surface area contributed by atoms with Crippen LogP contribution in [-0.4, -0.2) is 47.9 Å². The molecule has 150 valence electrons. The monoisotopic (exact) mass is 376 g/mol. The third-order valence-electron chi connectivity index (χ3n) is 7.13. The van der Waals surface area contributed by atoms with Crippen LogP contribution in [0.3, 0.4) is 0 Å². The third-order valence-corrected chi connectivity index (χ3v) is 7.13. The highest BCUT2D eigenvalue weighted by atomic mass is 16.2. The average Bonchev–Trinajstić information content (AvgIpc) is 2.55. The van der Waals surface area contributed by atoms with Gasteiger partial charge in [-0.15, -0.1) is 0 Å². The lowest BCUT2D eigenvalue weighted by Gasteiger charge is -2.55. The summed E-state index contributed by atoms with van der Waals surface area (Å²) in [5, 5.41) is 12.7. The maximum Gasteiger partial charge on any atom is 0.246 e. The van der Waals surface area contributed by atoms with Crippen molar-refractivity contribution in [1.82, 2.24) is 21.3 Å². The van der Waals surface area contributed by atoms with Crippen LogP contribution in [0.5, 0.6) is 0 Å². The van der Waals surface area contributed by atoms with Crippen LogP contribution in [0.15, 0.2) is 0 Å². The molecule has 4 saturated heterocycles. The molecule has 6 aliphatic rings. The van der Waals surface area contributed by atoms with E-state index in [9.17, 15) is 14.4 Å². The van der Waals surface area contributed by atoms with Gasteiger partial charge in [0.2, 0.25) is 17.7 Å². The minimum atomic E-state index is -0.721. The van der Waals surface area contributed by atoms with Gasteiger partial charge in [0.1, 0.15) is 5.54 Å². The molecular formula is C20H32N4O3. The van der Waals surface area contributed by atoms with Gasteiger partial charge in [-0.1, -0.05) is 20.8 Å². The molecule has 4 aliphatic heterocycles. The first kappa shape index (κ1) is 18.7. The molecule has 27 heavy (non-hydrogen) atoms. The predicted molar refractivity (Wildman–Crippen MR) is 101 cm³/mol. The Balaban J connectivity index is 1.29. The van der Waals surface area contributed by atoms with Crippen molar-refractivity contribution in [3.63, 3.8) is 0 Å². The van der Waals surface area contributed by atoms with Gasteiger partial charge in [-0.25, -0.2) is 0 Å². The van der Waals surface area contributed by atoms with Gasteiger partial charge < -0.3 is 21.3 Å². The van der Waals surface area contributed by atoms with E-state index in [2.05, 4.69) is 21.3 Å². The highest BCUT2D eigenvalue weighted by Crippen LogP contribution is 2.46. The molecule has 4 bridgehead atoms. The second-order valence-corrected chi connectivity index (χ2v) is 9.79. The Labute approximate surface area is 160 Å². The van der Waals surface area contributed by atoms with E-state index in [0.29, 0.717) is 31.1 Å². The number of amides is 3. The van der Waals surface area contributed by atoms with Gasteiger partial charge in [-0.2, -0.15) is 0 Å². The Kier molecular flexibility index (Phi) is 4.48. The summed E-state index contributed by atoms with van der Waals surface area (Å²) in [6, 6.07) is 0.0206. The van der Waals surface area contributed by atoms with Crippen molar-refractivity contribution in [3.8, 4) is 0 Å². The van der Waals surface area contributed by atoms with E-state index < -0.39 is 5.54 Å². The first-order valence-electron chi connectivity index (χ1n) is 10.4. The lowest BCUT2D eigenvalue weighted by Crippen LogP contribution is -2.75. The Hall–Kier alpha value is -1.63. The summed E-state index contributed by atoms with van der Waals surface area (Å²) in [4.78, 5) is 37.3. The molecule has 2 unspecified atom stereocenters. The van der Waals surface area contributed by atoms with Crippen LogP contribution >= 0.6 is 0 Å². The number of nitrogens with one attached hydrogen (secondary N) is 4. The van der Waals surface area contributed by atoms with Gasteiger partial charge in [-0.05, 0) is 50.5 Å². The first-order valence-corrected chi connectivity index (χ1v) is 10.4. The summed E-state index contributed by atoms with van der Waals surface area (Å²) in [5.74, 6) is 0.707. The lowest BCUT2D eigenvalue weighted by molar-refractivity contribution is -0.149. The van der Waals surface area contributed by atoms with Crippen LogP contribution in [0.4, 0.5) is 0 Å². The quantitative estimate of drug-likeness (QED) is 0.536. The maximum absolute atomic E-state index is 12.7. The molecule has 6 fully saturated rings. The van der Waals surface area contributed by atoms with E-state index in [0.717, 1.165) is 25.9 Å². The van der Waals surface area contributed by atoms with E-state index in [1.165, 1.54) is 0 Å². The number of carbonyl (C=O) groups is 3. The van der Waals surface area contributed by atoms with E-state index in [4.69, 9.17) is 0 Å². The van der Waals surface area contributed by atoms with E-state index in [1.807, 2.05) is 20.8 Å². The normalized spacial score (nSPS) is 40.3. The first-order chi connectivity index (χ1) is 12.7. The van der Waals surface area contributed by atoms with Gasteiger partial charge in [0.15, 0.2) is 0 Å². The second-order valence-electron chi connectivity index (χ2n) is 9.79. The van der Waals surface area contributed by atoms with Crippen LogP contribution in [-0.2, 0) is 14.4 Å². The molecule has 0 aromatic rings. The van der Waals surface area contributed by atoms with Crippen molar-refractivity contribution >= 4 is 17.7 Å². The number of hydrogen-bond acceptors (Lipinski definition) is 4. The molecule has 0 aromatic carbocycles. The molecule has 2 atom stereocenters. The summed E-state index contributed by atoms with van der Waals surface area (Å²) in [6.07, 6.45) is 4.19. The average molecular weight is 377 g/mol. The molecule has 4 heterocycles. The van der Waals surface area contributed by atoms with Crippen molar-refractivity contribution in [2.75, 3.05) is 13.1 Å². The topological polar surface area (TPSA) is 99.3 Å². The largest absolute Gasteiger partial charge is 0.351 e. The standard InChI is InChI=1S/C20H32N4O3/c1-11(2)16(25)24-20-7-14(8-20)15(22-18(20)27)4-12(3)17(26)23-19-5-13(6-19)9-21-10-19/h11-15,21H,4-10H2,1-3H3,(H,22,27)(H,23,26)(H,24,25). The zero-order valence-corrected chi connectivity index (χ0v) is 16.6. The Bertz CT molecular complexity index is 644. The summed E-state index contributed by atoms with van der Waals surface area (Å²) >= 11 is 0. The van der Waals surface area contributed by atoms with Gasteiger partial charge in [0.05, 0.1) is 5.54 Å². The molecule has 4 N–H and O–H groups in total. The van der Waals surface area contributed by atoms with Crippen LogP contribution in [0.2, 0.25) is 0 Å². The fraction of sp³-hybridized carbons (Fsp3) is 0.850. The number of carbonyl (C=O) groups excluding carboxylic acids is 3. The van der Waals surface area contributed by atoms with E-state index >= 15 is 0 Å². The van der Waals surface area contributed by atoms with Gasteiger partial charge in [0, 0.05) is 24.4 Å². The zero-order chi connectivity index (χ0) is 19.4. The Morgan fingerprint density at radius 2 is 1.81 bits per heavy atom. The zero-order valence-electron chi connectivity index (χ0n) is 16.6. The van der Waals surface area contributed by atoms with Crippen molar-refractivity contribution in [3.05, 3.63) is 0 Å². The fourth-order valence-corrected chi connectivity index (χ4v) is 5.39. The van der Waals surface area contributed by atoms with Gasteiger partial charge in [0.25, 0.3) is 0 Å². The number of rotatable bonds is 6. The summed E-state index contributed by atoms with van der Waals surface area (Å²) < 4.78 is 0. The number of fused-ring (bicyclic) bond motifs is 4. The summed E-state index contributed by atoms with van der Waals surface area (Å²) in [5.41, 5.74) is -0.765. The summed E-state index contributed by atoms with van der Waals surface area (Å²) in [7, 11) is 0. The van der Waals surface area contributed by atoms with Crippen LogP contribution < -0.4 is 21.3 Å². The van der Waals surface area contributed by atoms with Gasteiger partial charge >= 0.3 is 0 Å². The van der Waals surface area contributed by atoms with Crippen molar-refractivity contribution in [2.24, 2.45) is 23.7 Å². The number of hydrogen-bond donors (Lipinski definition) is 4. The van der Waals surface area contributed by atoms with Crippen LogP contribution in [0, 0.1) is 23.7 Å². The molecule has 7 nitrogen and oxygen atoms in total. The smallest absolute Gasteiger partial charge is 0.246 e. The minimum absolute atomic E-state index is 0.0206. The molecule has 0 spiro atoms. The summed E-state index contributed by atoms with van der Waals surface area (Å²) in [6.45, 7) is 7.54. The molecule has 3 amide bonds. The SMILES string of the molecule is CC(C)C(=O)NC12CC(C1)C(CC(C)C(=O)NC13CNCC(C1)C3)NC2=O. The molecule has 0 aromatic heterocycles. The third kappa shape index (κ3) is 3.24. The second kappa shape index (κ2) is 6.47. The van der Waals surface area contributed by atoms with E-state index in [-0.39, 0.29) is 41.1 Å². The van der Waals surface area contributed by atoms with Crippen molar-refractivity contribution in [2.45, 2.75) is 70.0 Å². The molecule has 2 saturated carbocycles. The highest BCUT2D eigenvalue weighted by molar-refractivity contribution is 5.94. The van der Waals surface area contributed by atoms with E-state index in [1.54, 1.807) is 0 Å². The number of piperidine rings is 4. The van der Waals surface area contributed by atoms with Crippen LogP contribution in [0.25, 0.3) is 0 Å².